The molecule has 0 aromatic heterocycles. The van der Waals surface area contributed by atoms with Crippen molar-refractivity contribution >= 4 is 23.5 Å². The first kappa shape index (κ1) is 59.5. The Balaban J connectivity index is -0.000000329. The first-order valence-corrected chi connectivity index (χ1v) is 24.3. The summed E-state index contributed by atoms with van der Waals surface area (Å²) in [5, 5.41) is 0. The number of hydrogen-bond donors (Lipinski definition) is 0. The Kier molecular flexibility index (Phi) is 45.8. The predicted octanol–water partition coefficient (Wildman–Crippen LogP) is 10.5. The van der Waals surface area contributed by atoms with Crippen molar-refractivity contribution in [3.05, 3.63) is 0 Å². The Bertz CT molecular complexity index is 778. The summed E-state index contributed by atoms with van der Waals surface area (Å²) in [6.45, 7) is 19.9. The Morgan fingerprint density at radius 1 is 0.385 bits per heavy atom. The monoisotopic (exact) mass is 854 g/mol. The summed E-state index contributed by atoms with van der Waals surface area (Å²) in [5.74, 6) is 0.936. The van der Waals surface area contributed by atoms with E-state index in [2.05, 4.69) is 41.5 Å². The molecule has 318 valence electrons. The van der Waals surface area contributed by atoms with E-state index < -0.39 is 23.5 Å². The third-order valence-electron chi connectivity index (χ3n) is 8.28. The van der Waals surface area contributed by atoms with Crippen LogP contribution < -0.4 is 14.7 Å². The zero-order valence-electron chi connectivity index (χ0n) is 34.3. The second-order valence-electron chi connectivity index (χ2n) is 13.0. The fourth-order valence-electron chi connectivity index (χ4n) is 4.36. The van der Waals surface area contributed by atoms with E-state index in [0.29, 0.717) is 17.8 Å². The van der Waals surface area contributed by atoms with Gasteiger partial charge in [-0.2, -0.15) is 0 Å². The zero-order valence-corrected chi connectivity index (χ0v) is 38.0. The summed E-state index contributed by atoms with van der Waals surface area (Å²) in [6.07, 6.45) is 17.5. The van der Waals surface area contributed by atoms with Crippen molar-refractivity contribution in [1.82, 2.24) is 0 Å². The predicted molar refractivity (Wildman–Crippen MR) is 203 cm³/mol. The van der Waals surface area contributed by atoms with E-state index in [0.717, 1.165) is 116 Å². The van der Waals surface area contributed by atoms with Gasteiger partial charge in [0.1, 0.15) is 0 Å². The maximum atomic E-state index is 11.4. The Morgan fingerprint density at radius 2 is 0.596 bits per heavy atom. The van der Waals surface area contributed by atoms with Crippen molar-refractivity contribution in [2.45, 2.75) is 178 Å². The summed E-state index contributed by atoms with van der Waals surface area (Å²) >= 11 is 0. The molecule has 0 aromatic carbocycles. The van der Waals surface area contributed by atoms with Crippen LogP contribution in [0.1, 0.15) is 178 Å². The van der Waals surface area contributed by atoms with Crippen molar-refractivity contribution in [1.29, 1.82) is 0 Å². The summed E-state index contributed by atoms with van der Waals surface area (Å²) in [7, 11) is -12.2. The average molecular weight is 855 g/mol. The average Bonchev–Trinajstić information content (AvgIpc) is 3.09. The van der Waals surface area contributed by atoms with E-state index in [1.54, 1.807) is 0 Å². The Labute approximate surface area is 330 Å². The van der Waals surface area contributed by atoms with Crippen LogP contribution in [0.2, 0.25) is 0 Å². The number of phosphoric acid groups is 3. The van der Waals surface area contributed by atoms with Gasteiger partial charge in [0.15, 0.2) is 0 Å². The van der Waals surface area contributed by atoms with Gasteiger partial charge in [-0.25, -0.2) is 0 Å². The molecular weight excluding hydrogens is 776 g/mol. The van der Waals surface area contributed by atoms with Gasteiger partial charge in [-0.05, 0) is 56.3 Å². The fourth-order valence-corrected chi connectivity index (χ4v) is 6.82. The van der Waals surface area contributed by atoms with Crippen LogP contribution in [0.5, 0.6) is 0 Å². The molecule has 0 aliphatic heterocycles. The molecular formula is C36H78CoO12P3. The summed E-state index contributed by atoms with van der Waals surface area (Å²) in [6, 6.07) is 0. The van der Waals surface area contributed by atoms with Gasteiger partial charge in [0.05, 0.1) is 39.6 Å². The molecule has 6 unspecified atom stereocenters. The van der Waals surface area contributed by atoms with Gasteiger partial charge in [-0.1, -0.05) is 139 Å². The van der Waals surface area contributed by atoms with E-state index in [4.69, 9.17) is 27.1 Å². The minimum Gasteiger partial charge on any atom is -0.756 e. The molecule has 0 heterocycles. The van der Waals surface area contributed by atoms with Crippen molar-refractivity contribution < 1.29 is 72.3 Å². The molecule has 0 aliphatic carbocycles. The maximum absolute atomic E-state index is 11.4. The standard InChI is InChI=1S/3C12H27O4P.Co/c3*1-4-7-9-12(6-3)11-16-17(13,14)15-10-8-5-2;/h3*12H,4-11H2,1-3H3,(H,13,14);/q;;;+3/p-3. The molecule has 0 bridgehead atoms. The van der Waals surface area contributed by atoms with Gasteiger partial charge >= 0.3 is 16.8 Å². The van der Waals surface area contributed by atoms with E-state index in [1.807, 2.05) is 20.8 Å². The van der Waals surface area contributed by atoms with Gasteiger partial charge in [-0.15, -0.1) is 0 Å². The molecule has 0 radical (unpaired) electrons. The minimum atomic E-state index is -4.07. The van der Waals surface area contributed by atoms with Crippen LogP contribution in [-0.4, -0.2) is 39.6 Å². The third-order valence-corrected chi connectivity index (χ3v) is 11.2. The smallest absolute Gasteiger partial charge is 0.756 e. The summed E-state index contributed by atoms with van der Waals surface area (Å²) in [5.41, 5.74) is 0. The Morgan fingerprint density at radius 3 is 0.769 bits per heavy atom. The van der Waals surface area contributed by atoms with Crippen molar-refractivity contribution in [2.75, 3.05) is 39.6 Å². The first-order chi connectivity index (χ1) is 24.2. The van der Waals surface area contributed by atoms with Crippen molar-refractivity contribution in [3.8, 4) is 0 Å². The van der Waals surface area contributed by atoms with E-state index >= 15 is 0 Å². The molecule has 16 heteroatoms. The number of unbranched alkanes of at least 4 members (excludes halogenated alkanes) is 6. The molecule has 0 N–H and O–H groups in total. The third kappa shape index (κ3) is 42.0. The van der Waals surface area contributed by atoms with Gasteiger partial charge < -0.3 is 41.8 Å². The zero-order chi connectivity index (χ0) is 39.4. The maximum Gasteiger partial charge on any atom is 3.00 e. The van der Waals surface area contributed by atoms with Crippen LogP contribution in [-0.2, 0) is 57.6 Å². The second-order valence-corrected chi connectivity index (χ2v) is 17.3. The molecule has 0 spiro atoms. The largest absolute Gasteiger partial charge is 3.00 e. The molecule has 0 amide bonds. The molecule has 52 heavy (non-hydrogen) atoms. The van der Waals surface area contributed by atoms with Crippen LogP contribution in [0, 0.1) is 17.8 Å². The number of phosphoric ester groups is 3. The second kappa shape index (κ2) is 40.0. The first-order valence-electron chi connectivity index (χ1n) is 20.0. The quantitative estimate of drug-likeness (QED) is 0.0452. The number of hydrogen-bond acceptors (Lipinski definition) is 12. The van der Waals surface area contributed by atoms with Crippen LogP contribution in [0.15, 0.2) is 0 Å². The molecule has 0 saturated carbocycles. The van der Waals surface area contributed by atoms with E-state index in [1.165, 1.54) is 0 Å². The molecule has 12 nitrogen and oxygen atoms in total. The van der Waals surface area contributed by atoms with Crippen molar-refractivity contribution in [3.63, 3.8) is 0 Å². The van der Waals surface area contributed by atoms with E-state index in [-0.39, 0.29) is 56.4 Å². The van der Waals surface area contributed by atoms with E-state index in [9.17, 15) is 28.4 Å². The normalized spacial score (nSPS) is 16.4. The fraction of sp³-hybridized carbons (Fsp3) is 1.00. The van der Waals surface area contributed by atoms with Crippen LogP contribution in [0.25, 0.3) is 0 Å². The van der Waals surface area contributed by atoms with Gasteiger partial charge in [0.25, 0.3) is 23.5 Å². The SMILES string of the molecule is CCCCOP(=O)([O-])OCC(CC)CCCC.CCCCOP(=O)([O-])OCC(CC)CCCC.CCCCOP(=O)([O-])OCC(CC)CCCC.[Co+3]. The molecule has 0 fully saturated rings. The minimum absolute atomic E-state index is 0. The molecule has 0 aliphatic rings. The number of rotatable bonds is 33. The molecule has 0 aromatic rings. The molecule has 6 atom stereocenters. The molecule has 0 rings (SSSR count). The van der Waals surface area contributed by atoms with Gasteiger partial charge in [0, 0.05) is 0 Å². The Hall–Kier alpha value is 0.836. The molecule has 0 saturated heterocycles. The van der Waals surface area contributed by atoms with Crippen LogP contribution >= 0.6 is 23.5 Å². The van der Waals surface area contributed by atoms with Crippen molar-refractivity contribution in [2.24, 2.45) is 17.8 Å². The topological polar surface area (TPSA) is 176 Å². The summed E-state index contributed by atoms with van der Waals surface area (Å²) < 4.78 is 63.1. The van der Waals surface area contributed by atoms with Gasteiger partial charge in [-0.3, -0.25) is 13.7 Å². The van der Waals surface area contributed by atoms with Gasteiger partial charge in [0.2, 0.25) is 0 Å². The summed E-state index contributed by atoms with van der Waals surface area (Å²) in [4.78, 5) is 34.1. The van der Waals surface area contributed by atoms with Crippen LogP contribution in [0.4, 0.5) is 0 Å². The van der Waals surface area contributed by atoms with Crippen LogP contribution in [0.3, 0.4) is 0 Å².